The van der Waals surface area contributed by atoms with Crippen LogP contribution in [0.5, 0.6) is 5.75 Å². The van der Waals surface area contributed by atoms with Gasteiger partial charge in [-0.15, -0.1) is 0 Å². The average Bonchev–Trinajstić information content (AvgIpc) is 3.30. The van der Waals surface area contributed by atoms with Crippen molar-refractivity contribution in [3.63, 3.8) is 0 Å². The number of hydrogen-bond acceptors (Lipinski definition) is 4. The Hall–Kier alpha value is -4.39. The number of nitrogens with zero attached hydrogens (tertiary/aromatic N) is 2. The smallest absolute Gasteiger partial charge is 0.255 e. The Bertz CT molecular complexity index is 1300. The van der Waals surface area contributed by atoms with Gasteiger partial charge in [-0.2, -0.15) is 5.10 Å². The molecule has 0 fully saturated rings. The number of phenols is 1. The number of carbonyl (C=O) groups excluding carboxylic acids is 2. The number of para-hydroxylation sites is 1. The first-order valence-electron chi connectivity index (χ1n) is 11.1. The van der Waals surface area contributed by atoms with Crippen LogP contribution in [0.1, 0.15) is 32.7 Å². The molecule has 0 spiro atoms. The molecule has 4 aromatic rings. The second-order valence-electron chi connectivity index (χ2n) is 7.90. The van der Waals surface area contributed by atoms with Crippen molar-refractivity contribution in [2.75, 3.05) is 13.1 Å². The predicted octanol–water partition coefficient (Wildman–Crippen LogP) is 4.10. The summed E-state index contributed by atoms with van der Waals surface area (Å²) in [7, 11) is 0. The molecule has 1 aromatic heterocycles. The fourth-order valence-corrected chi connectivity index (χ4v) is 3.63. The van der Waals surface area contributed by atoms with Crippen LogP contribution >= 0.6 is 0 Å². The summed E-state index contributed by atoms with van der Waals surface area (Å²) in [6.45, 7) is 2.78. The third-order valence-electron chi connectivity index (χ3n) is 5.41. The summed E-state index contributed by atoms with van der Waals surface area (Å²) < 4.78 is 1.71. The van der Waals surface area contributed by atoms with Gasteiger partial charge < -0.3 is 15.7 Å². The summed E-state index contributed by atoms with van der Waals surface area (Å²) >= 11 is 0. The number of benzene rings is 3. The van der Waals surface area contributed by atoms with Crippen LogP contribution in [0.4, 0.5) is 0 Å². The highest BCUT2D eigenvalue weighted by Crippen LogP contribution is 2.26. The highest BCUT2D eigenvalue weighted by atomic mass is 16.3. The molecule has 0 radical (unpaired) electrons. The van der Waals surface area contributed by atoms with Crippen LogP contribution in [0.25, 0.3) is 16.9 Å². The summed E-state index contributed by atoms with van der Waals surface area (Å²) in [5.41, 5.74) is 4.30. The van der Waals surface area contributed by atoms with Crippen LogP contribution in [-0.2, 0) is 0 Å². The van der Waals surface area contributed by atoms with Crippen molar-refractivity contribution in [1.29, 1.82) is 0 Å². The van der Waals surface area contributed by atoms with Crippen molar-refractivity contribution >= 4 is 11.8 Å². The monoisotopic (exact) mass is 454 g/mol. The molecule has 0 unspecified atom stereocenters. The van der Waals surface area contributed by atoms with Gasteiger partial charge in [-0.1, -0.05) is 48.5 Å². The first kappa shape index (κ1) is 22.8. The fraction of sp³-hybridized carbons (Fsp3) is 0.148. The second-order valence-corrected chi connectivity index (χ2v) is 7.90. The van der Waals surface area contributed by atoms with Crippen LogP contribution in [0, 0.1) is 6.92 Å². The number of aromatic nitrogens is 2. The zero-order chi connectivity index (χ0) is 23.9. The minimum Gasteiger partial charge on any atom is -0.508 e. The molecule has 172 valence electrons. The molecule has 0 aliphatic rings. The van der Waals surface area contributed by atoms with E-state index in [1.807, 2.05) is 61.5 Å². The van der Waals surface area contributed by atoms with E-state index in [0.29, 0.717) is 36.3 Å². The Morgan fingerprint density at radius 1 is 0.882 bits per heavy atom. The molecule has 0 atom stereocenters. The molecular formula is C27H26N4O3. The number of rotatable bonds is 8. The zero-order valence-electron chi connectivity index (χ0n) is 18.9. The van der Waals surface area contributed by atoms with E-state index >= 15 is 0 Å². The van der Waals surface area contributed by atoms with Crippen molar-refractivity contribution in [3.8, 4) is 22.7 Å². The van der Waals surface area contributed by atoms with E-state index in [4.69, 9.17) is 5.10 Å². The van der Waals surface area contributed by atoms with E-state index in [0.717, 1.165) is 16.8 Å². The second kappa shape index (κ2) is 10.5. The lowest BCUT2D eigenvalue weighted by Crippen LogP contribution is -2.30. The fourth-order valence-electron chi connectivity index (χ4n) is 3.63. The van der Waals surface area contributed by atoms with Crippen LogP contribution in [-0.4, -0.2) is 39.8 Å². The van der Waals surface area contributed by atoms with Crippen molar-refractivity contribution in [3.05, 3.63) is 102 Å². The van der Waals surface area contributed by atoms with Crippen LogP contribution in [0.3, 0.4) is 0 Å². The Kier molecular flexibility index (Phi) is 7.03. The van der Waals surface area contributed by atoms with Crippen LogP contribution < -0.4 is 10.6 Å². The van der Waals surface area contributed by atoms with Gasteiger partial charge in [0.15, 0.2) is 0 Å². The molecule has 0 aliphatic heterocycles. The Labute approximate surface area is 198 Å². The highest BCUT2D eigenvalue weighted by Gasteiger charge is 2.19. The summed E-state index contributed by atoms with van der Waals surface area (Å²) in [5, 5.41) is 19.9. The lowest BCUT2D eigenvalue weighted by Gasteiger charge is -2.08. The number of phenolic OH excluding ortho intramolecular Hbond substituents is 1. The van der Waals surface area contributed by atoms with Gasteiger partial charge >= 0.3 is 0 Å². The zero-order valence-corrected chi connectivity index (χ0v) is 18.9. The quantitative estimate of drug-likeness (QED) is 0.349. The minimum atomic E-state index is -0.270. The Morgan fingerprint density at radius 2 is 1.59 bits per heavy atom. The lowest BCUT2D eigenvalue weighted by atomic mass is 10.0. The van der Waals surface area contributed by atoms with Gasteiger partial charge in [0.2, 0.25) is 0 Å². The molecule has 2 amide bonds. The first-order valence-corrected chi connectivity index (χ1v) is 11.1. The van der Waals surface area contributed by atoms with Gasteiger partial charge in [-0.3, -0.25) is 9.59 Å². The van der Waals surface area contributed by atoms with Gasteiger partial charge in [0.1, 0.15) is 11.4 Å². The van der Waals surface area contributed by atoms with E-state index in [1.165, 1.54) is 12.1 Å². The lowest BCUT2D eigenvalue weighted by molar-refractivity contribution is 0.0951. The van der Waals surface area contributed by atoms with Crippen molar-refractivity contribution < 1.29 is 14.7 Å². The summed E-state index contributed by atoms with van der Waals surface area (Å²) in [4.78, 5) is 25.2. The molecule has 1 heterocycles. The summed E-state index contributed by atoms with van der Waals surface area (Å²) in [5.74, 6) is -0.451. The molecule has 7 nitrogen and oxygen atoms in total. The van der Waals surface area contributed by atoms with Gasteiger partial charge in [-0.05, 0) is 49.2 Å². The number of amides is 2. The Morgan fingerprint density at radius 3 is 2.32 bits per heavy atom. The van der Waals surface area contributed by atoms with E-state index in [2.05, 4.69) is 10.6 Å². The average molecular weight is 455 g/mol. The molecule has 4 rings (SSSR count). The third-order valence-corrected chi connectivity index (χ3v) is 5.41. The maximum absolute atomic E-state index is 13.1. The molecule has 0 saturated carbocycles. The number of nitrogens with one attached hydrogen (secondary N) is 2. The Balaban J connectivity index is 1.42. The molecule has 7 heteroatoms. The SMILES string of the molecule is Cc1ccccc1-c1nn(-c2ccccc2)cc1C(=O)NCCCNC(=O)c1cccc(O)c1. The van der Waals surface area contributed by atoms with Gasteiger partial charge in [-0.25, -0.2) is 4.68 Å². The molecule has 3 aromatic carbocycles. The van der Waals surface area contributed by atoms with Gasteiger partial charge in [0, 0.05) is 30.4 Å². The third kappa shape index (κ3) is 5.32. The van der Waals surface area contributed by atoms with Crippen LogP contribution in [0.2, 0.25) is 0 Å². The largest absolute Gasteiger partial charge is 0.508 e. The molecule has 0 bridgehead atoms. The standard InChI is InChI=1S/C27H26N4O3/c1-19-9-5-6-14-23(19)25-24(18-31(30-25)21-11-3-2-4-12-21)27(34)29-16-8-15-28-26(33)20-10-7-13-22(32)17-20/h2-7,9-14,17-18,32H,8,15-16H2,1H3,(H,28,33)(H,29,34). The topological polar surface area (TPSA) is 96.3 Å². The molecule has 3 N–H and O–H groups in total. The highest BCUT2D eigenvalue weighted by molar-refractivity contribution is 6.00. The minimum absolute atomic E-state index is 0.0421. The normalized spacial score (nSPS) is 10.6. The van der Waals surface area contributed by atoms with E-state index in [9.17, 15) is 14.7 Å². The van der Waals surface area contributed by atoms with Gasteiger partial charge in [0.25, 0.3) is 11.8 Å². The summed E-state index contributed by atoms with van der Waals surface area (Å²) in [6, 6.07) is 23.7. The number of aromatic hydroxyl groups is 1. The molecular weight excluding hydrogens is 428 g/mol. The number of hydrogen-bond donors (Lipinski definition) is 3. The molecule has 0 aliphatic carbocycles. The number of carbonyl (C=O) groups is 2. The van der Waals surface area contributed by atoms with E-state index < -0.39 is 0 Å². The number of aryl methyl sites for hydroxylation is 1. The maximum atomic E-state index is 13.1. The van der Waals surface area contributed by atoms with E-state index in [-0.39, 0.29) is 17.6 Å². The molecule has 34 heavy (non-hydrogen) atoms. The van der Waals surface area contributed by atoms with Crippen LogP contribution in [0.15, 0.2) is 85.1 Å². The van der Waals surface area contributed by atoms with Crippen molar-refractivity contribution in [1.82, 2.24) is 20.4 Å². The maximum Gasteiger partial charge on any atom is 0.255 e. The molecule has 0 saturated heterocycles. The van der Waals surface area contributed by atoms with Gasteiger partial charge in [0.05, 0.1) is 11.3 Å². The van der Waals surface area contributed by atoms with E-state index in [1.54, 1.807) is 23.0 Å². The summed E-state index contributed by atoms with van der Waals surface area (Å²) in [6.07, 6.45) is 2.30. The van der Waals surface area contributed by atoms with Crippen molar-refractivity contribution in [2.45, 2.75) is 13.3 Å². The first-order chi connectivity index (χ1) is 16.5. The van der Waals surface area contributed by atoms with Crippen molar-refractivity contribution in [2.24, 2.45) is 0 Å². The predicted molar refractivity (Wildman–Crippen MR) is 131 cm³/mol.